The van der Waals surface area contributed by atoms with Crippen molar-refractivity contribution < 1.29 is 0 Å². The molecule has 2 heterocycles. The lowest BCUT2D eigenvalue weighted by molar-refractivity contribution is 1.21. The van der Waals surface area contributed by atoms with Crippen molar-refractivity contribution in [3.63, 3.8) is 0 Å². The highest BCUT2D eigenvalue weighted by Gasteiger charge is 2.42. The molecule has 2 nitrogen and oxygen atoms in total. The van der Waals surface area contributed by atoms with Crippen LogP contribution in [-0.2, 0) is 0 Å². The molecule has 1 aromatic heterocycles. The molecule has 9 aromatic carbocycles. The van der Waals surface area contributed by atoms with E-state index in [4.69, 9.17) is 9.97 Å². The minimum Gasteiger partial charge on any atom is -0.237 e. The van der Waals surface area contributed by atoms with Crippen LogP contribution in [0, 0.1) is 0 Å². The van der Waals surface area contributed by atoms with Gasteiger partial charge in [0.05, 0.1) is 5.69 Å². The van der Waals surface area contributed by atoms with Gasteiger partial charge in [0.2, 0.25) is 0 Å². The average molecular weight is 717 g/mol. The molecule has 0 amide bonds. The predicted octanol–water partition coefficient (Wildman–Crippen LogP) is 12.6. The highest BCUT2D eigenvalue weighted by atomic mass is 28.3. The summed E-state index contributed by atoms with van der Waals surface area (Å²) in [5.74, 6) is 0.788. The molecule has 3 heteroatoms. The van der Waals surface area contributed by atoms with Gasteiger partial charge >= 0.3 is 0 Å². The third kappa shape index (κ3) is 5.01. The molecule has 0 radical (unpaired) electrons. The van der Waals surface area contributed by atoms with Crippen LogP contribution in [0.5, 0.6) is 0 Å². The highest BCUT2D eigenvalue weighted by Crippen LogP contribution is 2.40. The molecule has 11 rings (SSSR count). The summed E-state index contributed by atoms with van der Waals surface area (Å²) >= 11 is 0. The number of benzene rings is 9. The van der Waals surface area contributed by atoms with E-state index in [0.29, 0.717) is 0 Å². The first kappa shape index (κ1) is 31.8. The van der Waals surface area contributed by atoms with Gasteiger partial charge in [-0.25, -0.2) is 9.97 Å². The zero-order chi connectivity index (χ0) is 36.7. The van der Waals surface area contributed by atoms with Gasteiger partial charge in [-0.2, -0.15) is 0 Å². The molecule has 0 saturated heterocycles. The second-order valence-electron chi connectivity index (χ2n) is 15.4. The lowest BCUT2D eigenvalue weighted by Gasteiger charge is -2.19. The fourth-order valence-corrected chi connectivity index (χ4v) is 11.9. The summed E-state index contributed by atoms with van der Waals surface area (Å²) in [6.07, 6.45) is 0. The van der Waals surface area contributed by atoms with Crippen LogP contribution in [0.2, 0.25) is 13.1 Å². The molecule has 0 spiro atoms. The van der Waals surface area contributed by atoms with E-state index in [1.54, 1.807) is 0 Å². The maximum Gasteiger partial charge on any atom is 0.159 e. The average Bonchev–Trinajstić information content (AvgIpc) is 3.47. The second kappa shape index (κ2) is 12.2. The van der Waals surface area contributed by atoms with Crippen LogP contribution in [0.25, 0.3) is 99.1 Å². The summed E-state index contributed by atoms with van der Waals surface area (Å²) in [7, 11) is -2.15. The van der Waals surface area contributed by atoms with Gasteiger partial charge in [0.1, 0.15) is 8.07 Å². The molecule has 1 aliphatic rings. The van der Waals surface area contributed by atoms with Crippen LogP contribution < -0.4 is 10.5 Å². The maximum atomic E-state index is 5.42. The van der Waals surface area contributed by atoms with Crippen molar-refractivity contribution in [2.24, 2.45) is 0 Å². The number of fused-ring (bicyclic) bond motifs is 10. The van der Waals surface area contributed by atoms with Crippen LogP contribution in [0.15, 0.2) is 182 Å². The monoisotopic (exact) mass is 716 g/mol. The quantitative estimate of drug-likeness (QED) is 0.134. The van der Waals surface area contributed by atoms with E-state index in [9.17, 15) is 0 Å². The standard InChI is InChI=1S/C52H36N2Si/c1-55(2)48-32-38-17-7-6-16-37(38)31-47(48)49-50(53-51(54-52(49)55)33-14-4-3-5-15-33)40-21-13-20-36(29-40)34-18-12-19-35(28-34)39-26-27-45-43-24-9-8-22-41(43)42-23-10-11-25-44(42)46(45)30-39/h3-32H,1-2H3. The molecular weight excluding hydrogens is 681 g/mol. The minimum atomic E-state index is -2.15. The zero-order valence-corrected chi connectivity index (χ0v) is 31.7. The molecule has 55 heavy (non-hydrogen) atoms. The topological polar surface area (TPSA) is 25.8 Å². The molecule has 0 saturated carbocycles. The summed E-state index contributed by atoms with van der Waals surface area (Å²) in [6.45, 7) is 4.88. The Morgan fingerprint density at radius 1 is 0.364 bits per heavy atom. The molecule has 0 unspecified atom stereocenters. The number of aromatic nitrogens is 2. The van der Waals surface area contributed by atoms with E-state index in [0.717, 1.165) is 22.6 Å². The molecule has 258 valence electrons. The first-order valence-corrected chi connectivity index (χ1v) is 22.1. The molecule has 10 aromatic rings. The minimum absolute atomic E-state index is 0.788. The van der Waals surface area contributed by atoms with Gasteiger partial charge in [0.25, 0.3) is 0 Å². The SMILES string of the molecule is C[Si]1(C)c2cc3ccccc3cc2-c2c(-c3cccc(-c4cccc(-c5ccc6c7ccccc7c7ccccc7c6c5)c4)c3)nc(-c3ccccc3)nc21. The summed E-state index contributed by atoms with van der Waals surface area (Å²) in [5, 5.41) is 12.9. The number of hydrogen-bond acceptors (Lipinski definition) is 2. The number of rotatable bonds is 4. The van der Waals surface area contributed by atoms with E-state index in [1.165, 1.54) is 87.0 Å². The van der Waals surface area contributed by atoms with E-state index in [1.807, 2.05) is 0 Å². The number of hydrogen-bond donors (Lipinski definition) is 0. The van der Waals surface area contributed by atoms with Gasteiger partial charge in [-0.05, 0) is 100 Å². The summed E-state index contributed by atoms with van der Waals surface area (Å²) in [4.78, 5) is 10.8. The molecule has 0 aliphatic carbocycles. The van der Waals surface area contributed by atoms with Gasteiger partial charge in [0.15, 0.2) is 5.82 Å². The van der Waals surface area contributed by atoms with Gasteiger partial charge < -0.3 is 0 Å². The van der Waals surface area contributed by atoms with Crippen molar-refractivity contribution >= 4 is 61.7 Å². The Labute approximate surface area is 321 Å². The summed E-state index contributed by atoms with van der Waals surface area (Å²) < 4.78 is 0. The Bertz CT molecular complexity index is 3150. The first-order valence-electron chi connectivity index (χ1n) is 19.1. The van der Waals surface area contributed by atoms with Crippen LogP contribution in [0.4, 0.5) is 0 Å². The molecule has 0 atom stereocenters. The molecule has 1 aliphatic heterocycles. The van der Waals surface area contributed by atoms with Crippen molar-refractivity contribution in [1.82, 2.24) is 9.97 Å². The van der Waals surface area contributed by atoms with Crippen LogP contribution in [0.3, 0.4) is 0 Å². The van der Waals surface area contributed by atoms with Gasteiger partial charge in [-0.15, -0.1) is 0 Å². The van der Waals surface area contributed by atoms with Crippen molar-refractivity contribution in [3.8, 4) is 56.0 Å². The predicted molar refractivity (Wildman–Crippen MR) is 236 cm³/mol. The first-order chi connectivity index (χ1) is 27.0. The smallest absolute Gasteiger partial charge is 0.159 e. The third-order valence-corrected chi connectivity index (χ3v) is 15.1. The normalized spacial score (nSPS) is 13.1. The Kier molecular flexibility index (Phi) is 7.04. The molecule has 0 N–H and O–H groups in total. The van der Waals surface area contributed by atoms with E-state index in [2.05, 4.69) is 195 Å². The Hall–Kier alpha value is -6.68. The fourth-order valence-electron chi connectivity index (χ4n) is 9.00. The van der Waals surface area contributed by atoms with Gasteiger partial charge in [0, 0.05) is 22.0 Å². The van der Waals surface area contributed by atoms with Crippen LogP contribution in [-0.4, -0.2) is 18.0 Å². The maximum absolute atomic E-state index is 5.42. The Morgan fingerprint density at radius 3 is 1.51 bits per heavy atom. The van der Waals surface area contributed by atoms with Crippen molar-refractivity contribution in [3.05, 3.63) is 182 Å². The zero-order valence-electron chi connectivity index (χ0n) is 30.7. The van der Waals surface area contributed by atoms with Crippen LogP contribution >= 0.6 is 0 Å². The van der Waals surface area contributed by atoms with E-state index < -0.39 is 8.07 Å². The fraction of sp³-hybridized carbons (Fsp3) is 0.0385. The Morgan fingerprint density at radius 2 is 0.855 bits per heavy atom. The molecule has 0 bridgehead atoms. The van der Waals surface area contributed by atoms with Gasteiger partial charge in [-0.3, -0.25) is 0 Å². The number of nitrogens with zero attached hydrogens (tertiary/aromatic N) is 2. The second-order valence-corrected chi connectivity index (χ2v) is 19.6. The highest BCUT2D eigenvalue weighted by molar-refractivity contribution is 7.03. The molecule has 0 fully saturated rings. The van der Waals surface area contributed by atoms with Crippen molar-refractivity contribution in [2.45, 2.75) is 13.1 Å². The van der Waals surface area contributed by atoms with E-state index >= 15 is 0 Å². The largest absolute Gasteiger partial charge is 0.237 e. The lowest BCUT2D eigenvalue weighted by Crippen LogP contribution is -2.51. The van der Waals surface area contributed by atoms with E-state index in [-0.39, 0.29) is 0 Å². The lowest BCUT2D eigenvalue weighted by atomic mass is 9.91. The summed E-state index contributed by atoms with van der Waals surface area (Å²) in [5.41, 5.74) is 10.4. The third-order valence-electron chi connectivity index (χ3n) is 11.8. The van der Waals surface area contributed by atoms with Gasteiger partial charge in [-0.1, -0.05) is 171 Å². The van der Waals surface area contributed by atoms with Crippen molar-refractivity contribution in [2.75, 3.05) is 0 Å². The van der Waals surface area contributed by atoms with Crippen molar-refractivity contribution in [1.29, 1.82) is 0 Å². The Balaban J connectivity index is 1.07. The summed E-state index contributed by atoms with van der Waals surface area (Å²) in [6, 6.07) is 66.4. The molecular formula is C52H36N2Si. The van der Waals surface area contributed by atoms with Crippen LogP contribution in [0.1, 0.15) is 0 Å².